The maximum absolute atomic E-state index is 13.8. The molecule has 13 nitrogen and oxygen atoms in total. The minimum Gasteiger partial charge on any atom is -0.390 e. The topological polar surface area (TPSA) is 143 Å². The Kier molecular flexibility index (Phi) is 13.3. The predicted molar refractivity (Wildman–Crippen MR) is 188 cm³/mol. The van der Waals surface area contributed by atoms with Gasteiger partial charge >= 0.3 is 0 Å². The SMILES string of the molecule is CC(=O)N1CCC(NC2CC(C(=O)NC[C@@H](O)[C@@H]3CC4CCC(OCC5OCNC5C)CC4CN3)CC(N3CCN(C(C)C)CC3)N2)CC1. The molecule has 0 radical (unpaired) electrons. The number of likely N-dealkylation sites (tertiary alicyclic amines) is 1. The zero-order chi connectivity index (χ0) is 34.5. The number of aliphatic hydroxyl groups excluding tert-OH is 1. The van der Waals surface area contributed by atoms with Crippen LogP contribution in [0.1, 0.15) is 79.1 Å². The summed E-state index contributed by atoms with van der Waals surface area (Å²) in [6, 6.07) is 1.18. The number of nitrogens with zero attached hydrogens (tertiary/aromatic N) is 3. The third-order valence-electron chi connectivity index (χ3n) is 12.7. The molecule has 10 atom stereocenters. The zero-order valence-corrected chi connectivity index (χ0v) is 30.6. The van der Waals surface area contributed by atoms with Crippen molar-refractivity contribution in [3.8, 4) is 0 Å². The van der Waals surface area contributed by atoms with E-state index in [0.717, 1.165) is 90.8 Å². The molecular weight excluding hydrogens is 624 g/mol. The van der Waals surface area contributed by atoms with Gasteiger partial charge in [0.2, 0.25) is 11.8 Å². The van der Waals surface area contributed by atoms with Gasteiger partial charge in [0.25, 0.3) is 0 Å². The molecular formula is C36H66N8O5. The number of amides is 2. The zero-order valence-electron chi connectivity index (χ0n) is 30.6. The first-order valence-corrected chi connectivity index (χ1v) is 19.5. The fraction of sp³-hybridized carbons (Fsp3) is 0.944. The minimum absolute atomic E-state index is 0.00820. The highest BCUT2D eigenvalue weighted by Crippen LogP contribution is 2.37. The van der Waals surface area contributed by atoms with Crippen LogP contribution < -0.4 is 26.6 Å². The van der Waals surface area contributed by atoms with Crippen molar-refractivity contribution in [2.75, 3.05) is 65.7 Å². The van der Waals surface area contributed by atoms with Gasteiger partial charge in [-0.25, -0.2) is 0 Å². The first-order chi connectivity index (χ1) is 23.6. The number of aliphatic hydroxyl groups is 1. The van der Waals surface area contributed by atoms with Gasteiger partial charge in [-0.15, -0.1) is 0 Å². The molecule has 5 aliphatic heterocycles. The first-order valence-electron chi connectivity index (χ1n) is 19.5. The summed E-state index contributed by atoms with van der Waals surface area (Å²) in [4.78, 5) is 32.6. The first kappa shape index (κ1) is 37.3. The van der Waals surface area contributed by atoms with Crippen LogP contribution in [0.4, 0.5) is 0 Å². The molecule has 0 aromatic heterocycles. The van der Waals surface area contributed by atoms with Crippen LogP contribution in [0.15, 0.2) is 0 Å². The lowest BCUT2D eigenvalue weighted by Gasteiger charge is -2.46. The van der Waals surface area contributed by atoms with E-state index in [-0.39, 0.29) is 54.9 Å². The number of ether oxygens (including phenoxy) is 2. The van der Waals surface area contributed by atoms with Crippen molar-refractivity contribution < 1.29 is 24.2 Å². The van der Waals surface area contributed by atoms with Gasteiger partial charge in [-0.2, -0.15) is 0 Å². The van der Waals surface area contributed by atoms with Crippen LogP contribution in [-0.4, -0.2) is 152 Å². The largest absolute Gasteiger partial charge is 0.390 e. The number of piperazine rings is 1. The van der Waals surface area contributed by atoms with Crippen LogP contribution in [-0.2, 0) is 19.1 Å². The third kappa shape index (κ3) is 9.92. The van der Waals surface area contributed by atoms with Gasteiger partial charge in [0, 0.05) is 82.8 Å². The Bertz CT molecular complexity index is 1070. The van der Waals surface area contributed by atoms with E-state index < -0.39 is 6.10 Å². The van der Waals surface area contributed by atoms with Gasteiger partial charge in [-0.05, 0) is 90.5 Å². The third-order valence-corrected chi connectivity index (χ3v) is 12.7. The molecule has 6 fully saturated rings. The van der Waals surface area contributed by atoms with Crippen LogP contribution in [0.5, 0.6) is 0 Å². The molecule has 2 amide bonds. The van der Waals surface area contributed by atoms with Crippen LogP contribution in [0.3, 0.4) is 0 Å². The molecule has 6 aliphatic rings. The number of fused-ring (bicyclic) bond motifs is 1. The van der Waals surface area contributed by atoms with Gasteiger partial charge < -0.3 is 30.1 Å². The molecule has 13 heteroatoms. The quantitative estimate of drug-likeness (QED) is 0.178. The summed E-state index contributed by atoms with van der Waals surface area (Å²) >= 11 is 0. The van der Waals surface area contributed by atoms with E-state index in [1.54, 1.807) is 6.92 Å². The number of carbonyl (C=O) groups is 2. The average Bonchev–Trinajstić information content (AvgIpc) is 3.53. The summed E-state index contributed by atoms with van der Waals surface area (Å²) in [6.07, 6.45) is 7.45. The highest BCUT2D eigenvalue weighted by atomic mass is 16.5. The highest BCUT2D eigenvalue weighted by molar-refractivity contribution is 5.79. The van der Waals surface area contributed by atoms with Gasteiger partial charge in [0.15, 0.2) is 0 Å². The Balaban J connectivity index is 0.972. The second-order valence-corrected chi connectivity index (χ2v) is 16.2. The Morgan fingerprint density at radius 3 is 2.43 bits per heavy atom. The van der Waals surface area contributed by atoms with Crippen LogP contribution in [0, 0.1) is 17.8 Å². The number of hydrogen-bond donors (Lipinski definition) is 6. The smallest absolute Gasteiger partial charge is 0.223 e. The molecule has 1 saturated carbocycles. The summed E-state index contributed by atoms with van der Waals surface area (Å²) in [6.45, 7) is 16.3. The predicted octanol–water partition coefficient (Wildman–Crippen LogP) is 0.240. The van der Waals surface area contributed by atoms with Crippen molar-refractivity contribution in [3.05, 3.63) is 0 Å². The van der Waals surface area contributed by atoms with Crippen molar-refractivity contribution in [1.82, 2.24) is 41.3 Å². The Morgan fingerprint density at radius 2 is 1.73 bits per heavy atom. The number of nitrogens with one attached hydrogen (secondary N) is 5. The molecule has 1 aliphatic carbocycles. The number of rotatable bonds is 11. The van der Waals surface area contributed by atoms with E-state index in [1.807, 2.05) is 4.90 Å². The van der Waals surface area contributed by atoms with Crippen molar-refractivity contribution in [1.29, 1.82) is 0 Å². The molecule has 8 unspecified atom stereocenters. The second kappa shape index (κ2) is 17.4. The highest BCUT2D eigenvalue weighted by Gasteiger charge is 2.40. The molecule has 5 saturated heterocycles. The van der Waals surface area contributed by atoms with Crippen LogP contribution >= 0.6 is 0 Å². The van der Waals surface area contributed by atoms with Crippen molar-refractivity contribution >= 4 is 11.8 Å². The summed E-state index contributed by atoms with van der Waals surface area (Å²) < 4.78 is 12.0. The summed E-state index contributed by atoms with van der Waals surface area (Å²) in [5.74, 6) is 1.20. The second-order valence-electron chi connectivity index (χ2n) is 16.2. The van der Waals surface area contributed by atoms with E-state index in [4.69, 9.17) is 9.47 Å². The fourth-order valence-corrected chi connectivity index (χ4v) is 9.29. The molecule has 0 bridgehead atoms. The summed E-state index contributed by atoms with van der Waals surface area (Å²) in [5, 5.41) is 29.1. The van der Waals surface area contributed by atoms with Gasteiger partial charge in [-0.3, -0.25) is 35.3 Å². The fourth-order valence-electron chi connectivity index (χ4n) is 9.29. The van der Waals surface area contributed by atoms with Crippen molar-refractivity contribution in [2.24, 2.45) is 17.8 Å². The molecule has 0 aromatic carbocycles. The van der Waals surface area contributed by atoms with Crippen molar-refractivity contribution in [3.63, 3.8) is 0 Å². The molecule has 6 rings (SSSR count). The Labute approximate surface area is 294 Å². The summed E-state index contributed by atoms with van der Waals surface area (Å²) in [5.41, 5.74) is 0. The molecule has 280 valence electrons. The van der Waals surface area contributed by atoms with Gasteiger partial charge in [-0.1, -0.05) is 0 Å². The number of carbonyl (C=O) groups excluding carboxylic acids is 2. The normalized spacial score (nSPS) is 37.6. The van der Waals surface area contributed by atoms with Crippen LogP contribution in [0.2, 0.25) is 0 Å². The average molecular weight is 691 g/mol. The number of hydrogen-bond acceptors (Lipinski definition) is 11. The Morgan fingerprint density at radius 1 is 0.959 bits per heavy atom. The standard InChI is InChI=1S/C36H66N8O5/c1-23(2)42-11-13-44(14-12-42)35-18-27(17-34(41-35)40-29-7-9-43(10-8-29)25(4)45)36(47)38-20-32(46)31-16-26-5-6-30(15-28(26)19-37-31)48-21-33-24(3)39-22-49-33/h23-24,26-35,37,39-41,46H,5-22H2,1-4H3,(H,38,47)/t24?,26?,27?,28?,30?,31-,32+,33?,34?,35?/m0/s1. The van der Waals surface area contributed by atoms with Gasteiger partial charge in [0.1, 0.15) is 0 Å². The van der Waals surface area contributed by atoms with E-state index in [1.165, 1.54) is 0 Å². The van der Waals surface area contributed by atoms with E-state index in [0.29, 0.717) is 49.7 Å². The van der Waals surface area contributed by atoms with Gasteiger partial charge in [0.05, 0.1) is 44.0 Å². The molecule has 6 N–H and O–H groups in total. The van der Waals surface area contributed by atoms with Crippen LogP contribution in [0.25, 0.3) is 0 Å². The van der Waals surface area contributed by atoms with E-state index in [9.17, 15) is 14.7 Å². The molecule has 0 aromatic rings. The van der Waals surface area contributed by atoms with E-state index >= 15 is 0 Å². The number of piperidine rings is 3. The molecule has 0 spiro atoms. The van der Waals surface area contributed by atoms with Crippen molar-refractivity contribution in [2.45, 2.75) is 134 Å². The molecule has 5 heterocycles. The Hall–Kier alpha value is -1.42. The summed E-state index contributed by atoms with van der Waals surface area (Å²) in [7, 11) is 0. The lowest BCUT2D eigenvalue weighted by Crippen LogP contribution is -2.65. The molecule has 49 heavy (non-hydrogen) atoms. The van der Waals surface area contributed by atoms with E-state index in [2.05, 4.69) is 57.2 Å². The maximum atomic E-state index is 13.8. The lowest BCUT2D eigenvalue weighted by atomic mass is 9.72. The monoisotopic (exact) mass is 691 g/mol. The minimum atomic E-state index is -0.616. The lowest BCUT2D eigenvalue weighted by molar-refractivity contribution is -0.130. The maximum Gasteiger partial charge on any atom is 0.223 e.